The van der Waals surface area contributed by atoms with Gasteiger partial charge in [0.25, 0.3) is 0 Å². The van der Waals surface area contributed by atoms with Crippen LogP contribution in [0.15, 0.2) is 36.4 Å². The molecule has 0 spiro atoms. The second-order valence-electron chi connectivity index (χ2n) is 9.59. The highest BCUT2D eigenvalue weighted by molar-refractivity contribution is 6.49. The Balaban J connectivity index is 2.34. The van der Waals surface area contributed by atoms with Gasteiger partial charge in [-0.1, -0.05) is 108 Å². The zero-order valence-electron chi connectivity index (χ0n) is 21.6. The lowest BCUT2D eigenvalue weighted by Gasteiger charge is -2.23. The Morgan fingerprint density at radius 1 is 0.706 bits per heavy atom. The van der Waals surface area contributed by atoms with E-state index in [0.717, 1.165) is 36.8 Å². The summed E-state index contributed by atoms with van der Waals surface area (Å²) in [5, 5.41) is 0. The molecule has 5 heteroatoms. The fourth-order valence-corrected chi connectivity index (χ4v) is 5.22. The van der Waals surface area contributed by atoms with Gasteiger partial charge >= 0.3 is 9.05 Å². The zero-order valence-corrected chi connectivity index (χ0v) is 22.6. The van der Waals surface area contributed by atoms with Crippen molar-refractivity contribution in [2.45, 2.75) is 111 Å². The summed E-state index contributed by atoms with van der Waals surface area (Å²) in [4.78, 5) is 29.4. The molecule has 3 N–H and O–H groups in total. The molecule has 0 heterocycles. The summed E-state index contributed by atoms with van der Waals surface area (Å²) in [5.41, 5.74) is 5.52. The van der Waals surface area contributed by atoms with E-state index in [-0.39, 0.29) is 0 Å². The Morgan fingerprint density at radius 3 is 1.79 bits per heavy atom. The SMILES string of the molecule is CCCCCCCCc1cc(O[Si](O)(O)O)c(-c2ccccc2)c(CCCCCCCC)c1C. The molecule has 0 fully saturated rings. The summed E-state index contributed by atoms with van der Waals surface area (Å²) in [7, 11) is -4.73. The second-order valence-corrected chi connectivity index (χ2v) is 10.9. The molecule has 0 saturated heterocycles. The lowest BCUT2D eigenvalue weighted by Crippen LogP contribution is -2.42. The minimum Gasteiger partial charge on any atom is -0.480 e. The summed E-state index contributed by atoms with van der Waals surface area (Å²) >= 11 is 0. The van der Waals surface area contributed by atoms with Crippen molar-refractivity contribution >= 4 is 9.05 Å². The zero-order chi connectivity index (χ0) is 24.8. The molecule has 34 heavy (non-hydrogen) atoms. The average molecular weight is 487 g/mol. The van der Waals surface area contributed by atoms with Gasteiger partial charge in [-0.05, 0) is 60.9 Å². The van der Waals surface area contributed by atoms with E-state index in [2.05, 4.69) is 20.8 Å². The number of aryl methyl sites for hydroxylation is 1. The first-order chi connectivity index (χ1) is 16.4. The maximum Gasteiger partial charge on any atom is 0.741 e. The molecule has 0 amide bonds. The summed E-state index contributed by atoms with van der Waals surface area (Å²) < 4.78 is 5.45. The summed E-state index contributed by atoms with van der Waals surface area (Å²) in [6, 6.07) is 11.9. The van der Waals surface area contributed by atoms with Gasteiger partial charge in [-0.25, -0.2) is 0 Å². The number of benzene rings is 2. The summed E-state index contributed by atoms with van der Waals surface area (Å²) in [6.07, 6.45) is 16.6. The quantitative estimate of drug-likeness (QED) is 0.163. The van der Waals surface area contributed by atoms with Crippen LogP contribution in [-0.2, 0) is 12.8 Å². The Morgan fingerprint density at radius 2 is 1.24 bits per heavy atom. The fraction of sp³-hybridized carbons (Fsp3) is 0.586. The average Bonchev–Trinajstić information content (AvgIpc) is 2.80. The first kappa shape index (κ1) is 28.6. The van der Waals surface area contributed by atoms with E-state index in [9.17, 15) is 14.4 Å². The maximum atomic E-state index is 9.81. The third-order valence-electron chi connectivity index (χ3n) is 6.68. The van der Waals surface area contributed by atoms with E-state index >= 15 is 0 Å². The van der Waals surface area contributed by atoms with Crippen LogP contribution in [0.4, 0.5) is 0 Å². The summed E-state index contributed by atoms with van der Waals surface area (Å²) in [5.74, 6) is 0.387. The Bertz CT molecular complexity index is 830. The molecule has 0 bridgehead atoms. The predicted molar refractivity (Wildman–Crippen MR) is 144 cm³/mol. The molecule has 2 aromatic carbocycles. The molecule has 2 rings (SSSR count). The monoisotopic (exact) mass is 486 g/mol. The van der Waals surface area contributed by atoms with Crippen molar-refractivity contribution in [3.8, 4) is 16.9 Å². The Labute approximate surface area is 208 Å². The lowest BCUT2D eigenvalue weighted by atomic mass is 9.87. The molecule has 0 saturated carbocycles. The second kappa shape index (κ2) is 15.4. The topological polar surface area (TPSA) is 69.9 Å². The molecule has 0 unspecified atom stereocenters. The van der Waals surface area contributed by atoms with Gasteiger partial charge in [0.05, 0.1) is 0 Å². The van der Waals surface area contributed by atoms with E-state index in [1.165, 1.54) is 80.9 Å². The van der Waals surface area contributed by atoms with Crippen LogP contribution in [-0.4, -0.2) is 23.4 Å². The van der Waals surface area contributed by atoms with Crippen molar-refractivity contribution in [2.75, 3.05) is 0 Å². The molecular formula is C29H46O4Si. The summed E-state index contributed by atoms with van der Waals surface area (Å²) in [6.45, 7) is 6.66. The van der Waals surface area contributed by atoms with Crippen molar-refractivity contribution in [2.24, 2.45) is 0 Å². The minimum absolute atomic E-state index is 0.387. The van der Waals surface area contributed by atoms with Crippen molar-refractivity contribution in [3.05, 3.63) is 53.1 Å². The van der Waals surface area contributed by atoms with E-state index in [0.29, 0.717) is 5.75 Å². The van der Waals surface area contributed by atoms with Crippen LogP contribution in [0.5, 0.6) is 5.75 Å². The smallest absolute Gasteiger partial charge is 0.480 e. The lowest BCUT2D eigenvalue weighted by molar-refractivity contribution is 0.128. The Kier molecular flexibility index (Phi) is 12.9. The normalized spacial score (nSPS) is 11.7. The minimum atomic E-state index is -4.73. The predicted octanol–water partition coefficient (Wildman–Crippen LogP) is 7.26. The maximum absolute atomic E-state index is 9.81. The fourth-order valence-electron chi connectivity index (χ4n) is 4.77. The number of hydrogen-bond donors (Lipinski definition) is 3. The van der Waals surface area contributed by atoms with Gasteiger partial charge < -0.3 is 18.8 Å². The van der Waals surface area contributed by atoms with Crippen LogP contribution in [0.2, 0.25) is 0 Å². The molecule has 0 aliphatic carbocycles. The van der Waals surface area contributed by atoms with Crippen LogP contribution in [0.25, 0.3) is 11.1 Å². The van der Waals surface area contributed by atoms with Gasteiger partial charge in [0, 0.05) is 5.56 Å². The van der Waals surface area contributed by atoms with E-state index in [4.69, 9.17) is 4.43 Å². The molecule has 190 valence electrons. The van der Waals surface area contributed by atoms with Crippen molar-refractivity contribution in [3.63, 3.8) is 0 Å². The standard InChI is InChI=1S/C29H46O4Si/c1-4-6-8-10-12-15-21-26-23-28(33-34(30,31)32)29(25-19-16-14-17-20-25)27(24(26)3)22-18-13-11-9-7-5-2/h14,16-17,19-20,23,30-32H,4-13,15,18,21-22H2,1-3H3. The molecule has 0 aliphatic heterocycles. The van der Waals surface area contributed by atoms with E-state index in [1.807, 2.05) is 36.4 Å². The highest BCUT2D eigenvalue weighted by Crippen LogP contribution is 2.39. The van der Waals surface area contributed by atoms with Crippen LogP contribution in [0.3, 0.4) is 0 Å². The number of unbranched alkanes of at least 4 members (excludes halogenated alkanes) is 10. The van der Waals surface area contributed by atoms with Crippen molar-refractivity contribution in [1.82, 2.24) is 0 Å². The van der Waals surface area contributed by atoms with Gasteiger partial charge in [0.1, 0.15) is 5.75 Å². The first-order valence-electron chi connectivity index (χ1n) is 13.4. The molecule has 0 aromatic heterocycles. The van der Waals surface area contributed by atoms with Crippen LogP contribution in [0, 0.1) is 6.92 Å². The third kappa shape index (κ3) is 9.91. The molecule has 2 aromatic rings. The first-order valence-corrected chi connectivity index (χ1v) is 15.2. The third-order valence-corrected chi connectivity index (χ3v) is 7.17. The van der Waals surface area contributed by atoms with Crippen LogP contribution >= 0.6 is 0 Å². The molecule has 4 nitrogen and oxygen atoms in total. The van der Waals surface area contributed by atoms with Crippen molar-refractivity contribution in [1.29, 1.82) is 0 Å². The molecule has 0 aliphatic rings. The van der Waals surface area contributed by atoms with E-state index in [1.54, 1.807) is 0 Å². The van der Waals surface area contributed by atoms with Crippen molar-refractivity contribution < 1.29 is 18.8 Å². The molecule has 0 radical (unpaired) electrons. The largest absolute Gasteiger partial charge is 0.741 e. The van der Waals surface area contributed by atoms with Crippen LogP contribution in [0.1, 0.15) is 108 Å². The van der Waals surface area contributed by atoms with Gasteiger partial charge in [0.15, 0.2) is 0 Å². The number of rotatable bonds is 17. The molecular weight excluding hydrogens is 440 g/mol. The van der Waals surface area contributed by atoms with Gasteiger partial charge in [-0.15, -0.1) is 0 Å². The number of hydrogen-bond acceptors (Lipinski definition) is 4. The Hall–Kier alpha value is -1.66. The van der Waals surface area contributed by atoms with Gasteiger partial charge in [-0.2, -0.15) is 0 Å². The van der Waals surface area contributed by atoms with Gasteiger partial charge in [-0.3, -0.25) is 0 Å². The van der Waals surface area contributed by atoms with Crippen LogP contribution < -0.4 is 4.43 Å². The van der Waals surface area contributed by atoms with Gasteiger partial charge in [0.2, 0.25) is 0 Å². The van der Waals surface area contributed by atoms with E-state index < -0.39 is 9.05 Å². The highest BCUT2D eigenvalue weighted by atomic mass is 28.4. The molecule has 0 atom stereocenters. The highest BCUT2D eigenvalue weighted by Gasteiger charge is 2.35.